The van der Waals surface area contributed by atoms with Crippen LogP contribution in [0.5, 0.6) is 0 Å². The molecule has 1 aromatic carbocycles. The van der Waals surface area contributed by atoms with Crippen LogP contribution in [0.3, 0.4) is 0 Å². The largest absolute Gasteiger partial charge is 0.369 e. The van der Waals surface area contributed by atoms with Gasteiger partial charge in [0.25, 0.3) is 5.56 Å². The van der Waals surface area contributed by atoms with Gasteiger partial charge < -0.3 is 9.47 Å². The molecular formula is C20H24N6O. The highest BCUT2D eigenvalue weighted by Gasteiger charge is 2.28. The quantitative estimate of drug-likeness (QED) is 0.765. The van der Waals surface area contributed by atoms with Crippen LogP contribution in [-0.2, 0) is 13.6 Å². The average Bonchev–Trinajstić information content (AvgIpc) is 3.44. The summed E-state index contributed by atoms with van der Waals surface area (Å²) in [7, 11) is 1.73. The highest BCUT2D eigenvalue weighted by Crippen LogP contribution is 2.40. The van der Waals surface area contributed by atoms with Crippen molar-refractivity contribution in [3.05, 3.63) is 52.3 Å². The van der Waals surface area contributed by atoms with E-state index in [9.17, 15) is 4.79 Å². The van der Waals surface area contributed by atoms with E-state index < -0.39 is 0 Å². The molecule has 0 atom stereocenters. The minimum atomic E-state index is 0.00273. The third kappa shape index (κ3) is 3.12. The van der Waals surface area contributed by atoms with Gasteiger partial charge in [-0.05, 0) is 31.0 Å². The molecule has 0 radical (unpaired) electrons. The average molecular weight is 364 g/mol. The molecule has 2 aliphatic rings. The van der Waals surface area contributed by atoms with Crippen molar-refractivity contribution >= 4 is 16.6 Å². The Balaban J connectivity index is 1.27. The predicted octanol–water partition coefficient (Wildman–Crippen LogP) is 1.86. The summed E-state index contributed by atoms with van der Waals surface area (Å²) in [5.41, 5.74) is 4.62. The van der Waals surface area contributed by atoms with Crippen LogP contribution in [0.15, 0.2) is 35.5 Å². The predicted molar refractivity (Wildman–Crippen MR) is 105 cm³/mol. The second-order valence-corrected chi connectivity index (χ2v) is 7.71. The summed E-state index contributed by atoms with van der Waals surface area (Å²) in [4.78, 5) is 21.5. The van der Waals surface area contributed by atoms with Gasteiger partial charge in [-0.3, -0.25) is 14.8 Å². The van der Waals surface area contributed by atoms with Gasteiger partial charge in [-0.2, -0.15) is 5.10 Å². The zero-order valence-electron chi connectivity index (χ0n) is 15.6. The lowest BCUT2D eigenvalue weighted by molar-refractivity contribution is 0.249. The lowest BCUT2D eigenvalue weighted by atomic mass is 10.1. The molecule has 2 fully saturated rings. The Morgan fingerprint density at radius 1 is 1.19 bits per heavy atom. The summed E-state index contributed by atoms with van der Waals surface area (Å²) in [6, 6.07) is 5.98. The lowest BCUT2D eigenvalue weighted by Crippen LogP contribution is -2.46. The van der Waals surface area contributed by atoms with E-state index >= 15 is 0 Å². The molecule has 0 amide bonds. The Morgan fingerprint density at radius 2 is 2.00 bits per heavy atom. The molecule has 1 saturated carbocycles. The number of H-pyrrole nitrogens is 1. The van der Waals surface area contributed by atoms with E-state index in [2.05, 4.69) is 25.0 Å². The molecule has 5 rings (SSSR count). The summed E-state index contributed by atoms with van der Waals surface area (Å²) in [6.07, 6.45) is 6.18. The Morgan fingerprint density at radius 3 is 2.78 bits per heavy atom. The molecule has 1 saturated heterocycles. The van der Waals surface area contributed by atoms with Crippen LogP contribution >= 0.6 is 0 Å². The molecule has 27 heavy (non-hydrogen) atoms. The molecule has 1 N–H and O–H groups in total. The minimum Gasteiger partial charge on any atom is -0.369 e. The molecule has 2 aromatic heterocycles. The number of aromatic nitrogens is 4. The van der Waals surface area contributed by atoms with Crippen LogP contribution in [0.2, 0.25) is 0 Å². The number of nitrogens with one attached hydrogen (secondary N) is 1. The van der Waals surface area contributed by atoms with Crippen molar-refractivity contribution in [2.24, 2.45) is 7.05 Å². The normalized spacial score (nSPS) is 18.3. The number of benzene rings is 1. The Hall–Kier alpha value is -2.67. The fourth-order valence-electron chi connectivity index (χ4n) is 3.97. The van der Waals surface area contributed by atoms with Crippen molar-refractivity contribution < 1.29 is 0 Å². The van der Waals surface area contributed by atoms with Crippen molar-refractivity contribution in [3.8, 4) is 0 Å². The molecule has 1 aliphatic heterocycles. The standard InChI is InChI=1S/C20H24N6O/c1-24-13-21-18-10-16(4-5-17(18)20(24)27)26-8-6-25(7-9-26)12-15-11-22-23-19(15)14-2-3-14/h4-5,10-11,13-14H,2-3,6-9,12H2,1H3,(H,22,23). The Labute approximate surface area is 157 Å². The number of piperazine rings is 1. The molecular weight excluding hydrogens is 340 g/mol. The zero-order chi connectivity index (χ0) is 18.4. The number of rotatable bonds is 4. The van der Waals surface area contributed by atoms with E-state index in [-0.39, 0.29) is 5.56 Å². The first-order chi connectivity index (χ1) is 13.2. The number of aryl methyl sites for hydroxylation is 1. The number of anilines is 1. The van der Waals surface area contributed by atoms with E-state index in [1.807, 2.05) is 24.4 Å². The van der Waals surface area contributed by atoms with Crippen molar-refractivity contribution in [1.82, 2.24) is 24.6 Å². The van der Waals surface area contributed by atoms with E-state index in [1.165, 1.54) is 28.7 Å². The van der Waals surface area contributed by atoms with Crippen molar-refractivity contribution in [1.29, 1.82) is 0 Å². The number of hydrogen-bond donors (Lipinski definition) is 1. The summed E-state index contributed by atoms with van der Waals surface area (Å²) >= 11 is 0. The molecule has 7 nitrogen and oxygen atoms in total. The van der Waals surface area contributed by atoms with Crippen LogP contribution in [-0.4, -0.2) is 50.8 Å². The highest BCUT2D eigenvalue weighted by molar-refractivity contribution is 5.81. The van der Waals surface area contributed by atoms with E-state index in [0.717, 1.165) is 43.9 Å². The fraction of sp³-hybridized carbons (Fsp3) is 0.450. The van der Waals surface area contributed by atoms with Gasteiger partial charge in [-0.25, -0.2) is 4.98 Å². The zero-order valence-corrected chi connectivity index (χ0v) is 15.6. The van der Waals surface area contributed by atoms with Crippen LogP contribution < -0.4 is 10.5 Å². The summed E-state index contributed by atoms with van der Waals surface area (Å²) in [5.74, 6) is 0.710. The fourth-order valence-corrected chi connectivity index (χ4v) is 3.97. The molecule has 0 bridgehead atoms. The molecule has 7 heteroatoms. The highest BCUT2D eigenvalue weighted by atomic mass is 16.1. The van der Waals surface area contributed by atoms with E-state index in [0.29, 0.717) is 11.3 Å². The van der Waals surface area contributed by atoms with Gasteiger partial charge >= 0.3 is 0 Å². The summed E-state index contributed by atoms with van der Waals surface area (Å²) in [5, 5.41) is 8.13. The van der Waals surface area contributed by atoms with Crippen LogP contribution in [0.4, 0.5) is 5.69 Å². The van der Waals surface area contributed by atoms with Crippen molar-refractivity contribution in [3.63, 3.8) is 0 Å². The molecule has 3 heterocycles. The van der Waals surface area contributed by atoms with Gasteiger partial charge in [0.05, 0.1) is 23.4 Å². The van der Waals surface area contributed by atoms with Crippen molar-refractivity contribution in [2.45, 2.75) is 25.3 Å². The lowest BCUT2D eigenvalue weighted by Gasteiger charge is -2.36. The van der Waals surface area contributed by atoms with Gasteiger partial charge in [-0.15, -0.1) is 0 Å². The maximum atomic E-state index is 12.2. The smallest absolute Gasteiger partial charge is 0.260 e. The first kappa shape index (κ1) is 16.5. The first-order valence-electron chi connectivity index (χ1n) is 9.64. The Bertz CT molecular complexity index is 1030. The minimum absolute atomic E-state index is 0.00273. The number of nitrogens with zero attached hydrogens (tertiary/aromatic N) is 5. The molecule has 0 spiro atoms. The van der Waals surface area contributed by atoms with Gasteiger partial charge in [-0.1, -0.05) is 0 Å². The number of aromatic amines is 1. The van der Waals surface area contributed by atoms with Gasteiger partial charge in [0.2, 0.25) is 0 Å². The third-order valence-electron chi connectivity index (χ3n) is 5.77. The van der Waals surface area contributed by atoms with Crippen molar-refractivity contribution in [2.75, 3.05) is 31.1 Å². The van der Waals surface area contributed by atoms with Gasteiger partial charge in [0, 0.05) is 62.6 Å². The Kier molecular flexibility index (Phi) is 3.97. The van der Waals surface area contributed by atoms with E-state index in [1.54, 1.807) is 13.4 Å². The van der Waals surface area contributed by atoms with Crippen LogP contribution in [0.25, 0.3) is 10.9 Å². The van der Waals surface area contributed by atoms with Crippen LogP contribution in [0.1, 0.15) is 30.0 Å². The number of hydrogen-bond acceptors (Lipinski definition) is 5. The second kappa shape index (κ2) is 6.49. The summed E-state index contributed by atoms with van der Waals surface area (Å²) < 4.78 is 1.52. The molecule has 3 aromatic rings. The van der Waals surface area contributed by atoms with Gasteiger partial charge in [0.15, 0.2) is 0 Å². The first-order valence-corrected chi connectivity index (χ1v) is 9.64. The van der Waals surface area contributed by atoms with Crippen LogP contribution in [0, 0.1) is 0 Å². The monoisotopic (exact) mass is 364 g/mol. The van der Waals surface area contributed by atoms with E-state index in [4.69, 9.17) is 0 Å². The summed E-state index contributed by atoms with van der Waals surface area (Å²) in [6.45, 7) is 4.99. The second-order valence-electron chi connectivity index (χ2n) is 7.71. The number of fused-ring (bicyclic) bond motifs is 1. The SMILES string of the molecule is Cn1cnc2cc(N3CCN(Cc4cn[nH]c4C4CC4)CC3)ccc2c1=O. The topological polar surface area (TPSA) is 70.1 Å². The molecule has 1 aliphatic carbocycles. The maximum absolute atomic E-state index is 12.2. The van der Waals surface area contributed by atoms with Gasteiger partial charge in [0.1, 0.15) is 0 Å². The maximum Gasteiger partial charge on any atom is 0.260 e. The third-order valence-corrected chi connectivity index (χ3v) is 5.77. The molecule has 140 valence electrons. The molecule has 0 unspecified atom stereocenters.